The summed E-state index contributed by atoms with van der Waals surface area (Å²) in [5, 5.41) is 6.75. The van der Waals surface area contributed by atoms with E-state index >= 15 is 0 Å². The second-order valence-electron chi connectivity index (χ2n) is 5.71. The van der Waals surface area contributed by atoms with E-state index in [2.05, 4.69) is 15.5 Å². The van der Waals surface area contributed by atoms with E-state index in [1.165, 1.54) is 0 Å². The molecule has 0 radical (unpaired) electrons. The van der Waals surface area contributed by atoms with Gasteiger partial charge in [0.05, 0.1) is 22.6 Å². The van der Waals surface area contributed by atoms with Gasteiger partial charge in [0.25, 0.3) is 5.91 Å². The van der Waals surface area contributed by atoms with Crippen LogP contribution in [0.5, 0.6) is 5.75 Å². The molecule has 1 aromatic carbocycles. The lowest BCUT2D eigenvalue weighted by Gasteiger charge is -2.09. The van der Waals surface area contributed by atoms with Crippen molar-refractivity contribution in [3.05, 3.63) is 70.9 Å². The van der Waals surface area contributed by atoms with Crippen LogP contribution in [0.2, 0.25) is 0 Å². The van der Waals surface area contributed by atoms with Gasteiger partial charge in [-0.05, 0) is 57.2 Å². The lowest BCUT2D eigenvalue weighted by atomic mass is 10.2. The Bertz CT molecular complexity index is 866. The zero-order valence-electron chi connectivity index (χ0n) is 14.4. The molecule has 3 aromatic rings. The number of aromatic nitrogens is 2. The molecule has 0 saturated heterocycles. The fourth-order valence-corrected chi connectivity index (χ4v) is 2.38. The highest BCUT2D eigenvalue weighted by atomic mass is 16.5. The fraction of sp³-hybridized carbons (Fsp3) is 0.211. The SMILES string of the molecule is Cc1ncccc1NC(=O)c1ccc(OCc2c(C)noc2C)cc1. The van der Waals surface area contributed by atoms with Crippen LogP contribution in [0.15, 0.2) is 47.1 Å². The van der Waals surface area contributed by atoms with Crippen LogP contribution in [-0.2, 0) is 6.61 Å². The molecule has 0 aliphatic rings. The maximum atomic E-state index is 12.3. The van der Waals surface area contributed by atoms with Crippen molar-refractivity contribution in [3.63, 3.8) is 0 Å². The number of hydrogen-bond acceptors (Lipinski definition) is 5. The number of ether oxygens (including phenoxy) is 1. The van der Waals surface area contributed by atoms with Gasteiger partial charge >= 0.3 is 0 Å². The Morgan fingerprint density at radius 1 is 1.12 bits per heavy atom. The summed E-state index contributed by atoms with van der Waals surface area (Å²) in [6, 6.07) is 10.6. The van der Waals surface area contributed by atoms with Crippen LogP contribution in [0.3, 0.4) is 0 Å². The molecule has 3 rings (SSSR count). The Labute approximate surface area is 145 Å². The number of pyridine rings is 1. The average molecular weight is 337 g/mol. The van der Waals surface area contributed by atoms with Gasteiger partial charge in [0.1, 0.15) is 18.1 Å². The van der Waals surface area contributed by atoms with Crippen molar-refractivity contribution < 1.29 is 14.1 Å². The molecule has 0 fully saturated rings. The normalized spacial score (nSPS) is 10.5. The Morgan fingerprint density at radius 3 is 2.52 bits per heavy atom. The van der Waals surface area contributed by atoms with Gasteiger partial charge in [-0.1, -0.05) is 5.16 Å². The Hall–Kier alpha value is -3.15. The summed E-state index contributed by atoms with van der Waals surface area (Å²) in [6.07, 6.45) is 1.69. The minimum absolute atomic E-state index is 0.187. The number of aryl methyl sites for hydroxylation is 3. The van der Waals surface area contributed by atoms with Crippen LogP contribution in [0, 0.1) is 20.8 Å². The van der Waals surface area contributed by atoms with Gasteiger partial charge in [-0.2, -0.15) is 0 Å². The number of hydrogen-bond donors (Lipinski definition) is 1. The quantitative estimate of drug-likeness (QED) is 0.766. The number of carbonyl (C=O) groups excluding carboxylic acids is 1. The molecular formula is C19H19N3O3. The molecule has 1 N–H and O–H groups in total. The fourth-order valence-electron chi connectivity index (χ4n) is 2.38. The van der Waals surface area contributed by atoms with E-state index in [4.69, 9.17) is 9.26 Å². The Balaban J connectivity index is 1.64. The highest BCUT2D eigenvalue weighted by Crippen LogP contribution is 2.19. The van der Waals surface area contributed by atoms with Crippen molar-refractivity contribution in [2.45, 2.75) is 27.4 Å². The second kappa shape index (κ2) is 7.17. The second-order valence-corrected chi connectivity index (χ2v) is 5.71. The van der Waals surface area contributed by atoms with Crippen molar-refractivity contribution in [2.24, 2.45) is 0 Å². The van der Waals surface area contributed by atoms with E-state index in [0.29, 0.717) is 23.6 Å². The number of amides is 1. The zero-order valence-corrected chi connectivity index (χ0v) is 14.4. The Kier molecular flexibility index (Phi) is 4.79. The van der Waals surface area contributed by atoms with Gasteiger partial charge in [-0.25, -0.2) is 0 Å². The molecule has 0 unspecified atom stereocenters. The van der Waals surface area contributed by atoms with Crippen LogP contribution >= 0.6 is 0 Å². The van der Waals surface area contributed by atoms with Gasteiger partial charge in [-0.3, -0.25) is 9.78 Å². The largest absolute Gasteiger partial charge is 0.489 e. The summed E-state index contributed by atoms with van der Waals surface area (Å²) in [7, 11) is 0. The van der Waals surface area contributed by atoms with Gasteiger partial charge in [-0.15, -0.1) is 0 Å². The predicted molar refractivity (Wildman–Crippen MR) is 93.7 cm³/mol. The van der Waals surface area contributed by atoms with Crippen LogP contribution in [-0.4, -0.2) is 16.0 Å². The van der Waals surface area contributed by atoms with Crippen LogP contribution in [0.1, 0.15) is 33.1 Å². The first-order valence-electron chi connectivity index (χ1n) is 7.92. The smallest absolute Gasteiger partial charge is 0.255 e. The molecule has 25 heavy (non-hydrogen) atoms. The lowest BCUT2D eigenvalue weighted by Crippen LogP contribution is -2.13. The number of nitrogens with one attached hydrogen (secondary N) is 1. The number of anilines is 1. The van der Waals surface area contributed by atoms with Gasteiger partial charge in [0.2, 0.25) is 0 Å². The van der Waals surface area contributed by atoms with Crippen molar-refractivity contribution >= 4 is 11.6 Å². The molecule has 2 heterocycles. The molecule has 1 amide bonds. The molecule has 0 saturated carbocycles. The number of benzene rings is 1. The van der Waals surface area contributed by atoms with E-state index in [1.54, 1.807) is 36.5 Å². The van der Waals surface area contributed by atoms with E-state index in [1.807, 2.05) is 26.8 Å². The number of nitrogens with zero attached hydrogens (tertiary/aromatic N) is 2. The third-order valence-corrected chi connectivity index (χ3v) is 3.94. The van der Waals surface area contributed by atoms with E-state index in [9.17, 15) is 4.79 Å². The first-order chi connectivity index (χ1) is 12.0. The summed E-state index contributed by atoms with van der Waals surface area (Å²) < 4.78 is 10.9. The molecule has 0 aliphatic carbocycles. The van der Waals surface area contributed by atoms with Crippen molar-refractivity contribution in [1.82, 2.24) is 10.1 Å². The van der Waals surface area contributed by atoms with Gasteiger partial charge in [0.15, 0.2) is 0 Å². The number of carbonyl (C=O) groups is 1. The predicted octanol–water partition coefficient (Wildman–Crippen LogP) is 3.83. The molecule has 0 atom stereocenters. The topological polar surface area (TPSA) is 77.2 Å². The summed E-state index contributed by atoms with van der Waals surface area (Å²) in [5.41, 5.74) is 3.78. The van der Waals surface area contributed by atoms with Crippen LogP contribution < -0.4 is 10.1 Å². The Morgan fingerprint density at radius 2 is 1.88 bits per heavy atom. The summed E-state index contributed by atoms with van der Waals surface area (Å²) in [4.78, 5) is 16.5. The van der Waals surface area contributed by atoms with Crippen LogP contribution in [0.4, 0.5) is 5.69 Å². The summed E-state index contributed by atoms with van der Waals surface area (Å²) >= 11 is 0. The maximum absolute atomic E-state index is 12.3. The van der Waals surface area contributed by atoms with E-state index < -0.39 is 0 Å². The monoisotopic (exact) mass is 337 g/mol. The first-order valence-corrected chi connectivity index (χ1v) is 7.92. The van der Waals surface area contributed by atoms with Crippen molar-refractivity contribution in [3.8, 4) is 5.75 Å². The van der Waals surface area contributed by atoms with Gasteiger partial charge in [0, 0.05) is 11.8 Å². The highest BCUT2D eigenvalue weighted by Gasteiger charge is 2.11. The summed E-state index contributed by atoms with van der Waals surface area (Å²) in [5.74, 6) is 1.24. The minimum Gasteiger partial charge on any atom is -0.489 e. The van der Waals surface area contributed by atoms with E-state index in [-0.39, 0.29) is 5.91 Å². The zero-order chi connectivity index (χ0) is 17.8. The number of rotatable bonds is 5. The van der Waals surface area contributed by atoms with Crippen molar-refractivity contribution in [2.75, 3.05) is 5.32 Å². The maximum Gasteiger partial charge on any atom is 0.255 e. The van der Waals surface area contributed by atoms with Gasteiger partial charge < -0.3 is 14.6 Å². The lowest BCUT2D eigenvalue weighted by molar-refractivity contribution is 0.102. The molecular weight excluding hydrogens is 318 g/mol. The standard InChI is InChI=1S/C19H19N3O3/c1-12-17(14(3)25-22-12)11-24-16-8-6-15(7-9-16)19(23)21-18-5-4-10-20-13(18)2/h4-10H,11H2,1-3H3,(H,21,23). The van der Waals surface area contributed by atoms with E-state index in [0.717, 1.165) is 22.7 Å². The minimum atomic E-state index is -0.187. The molecule has 6 heteroatoms. The molecule has 0 aliphatic heterocycles. The molecule has 0 bridgehead atoms. The molecule has 0 spiro atoms. The molecule has 2 aromatic heterocycles. The molecule has 6 nitrogen and oxygen atoms in total. The average Bonchev–Trinajstić information content (AvgIpc) is 2.93. The molecule has 128 valence electrons. The van der Waals surface area contributed by atoms with Crippen LogP contribution in [0.25, 0.3) is 0 Å². The summed E-state index contributed by atoms with van der Waals surface area (Å²) in [6.45, 7) is 5.96. The third kappa shape index (κ3) is 3.85. The third-order valence-electron chi connectivity index (χ3n) is 3.94. The van der Waals surface area contributed by atoms with Crippen molar-refractivity contribution in [1.29, 1.82) is 0 Å². The first kappa shape index (κ1) is 16.7. The highest BCUT2D eigenvalue weighted by molar-refractivity contribution is 6.04.